The summed E-state index contributed by atoms with van der Waals surface area (Å²) in [7, 11) is 0. The zero-order valence-corrected chi connectivity index (χ0v) is 13.3. The molecule has 0 amide bonds. The predicted octanol–water partition coefficient (Wildman–Crippen LogP) is 4.72. The van der Waals surface area contributed by atoms with E-state index in [0.29, 0.717) is 0 Å². The summed E-state index contributed by atoms with van der Waals surface area (Å²) in [5.74, 6) is 0. The van der Waals surface area contributed by atoms with Crippen molar-refractivity contribution in [2.45, 2.75) is 5.54 Å². The summed E-state index contributed by atoms with van der Waals surface area (Å²) in [5.41, 5.74) is 3.07. The Labute approximate surface area is 142 Å². The van der Waals surface area contributed by atoms with E-state index in [1.54, 1.807) is 0 Å². The Morgan fingerprint density at radius 2 is 0.958 bits per heavy atom. The Kier molecular flexibility index (Phi) is 3.72. The third kappa shape index (κ3) is 2.24. The lowest BCUT2D eigenvalue weighted by Gasteiger charge is -2.36. The molecule has 0 fully saturated rings. The molecule has 0 bridgehead atoms. The molecular weight excluding hydrogens is 292 g/mol. The lowest BCUT2D eigenvalue weighted by atomic mass is 9.77. The first kappa shape index (κ1) is 14.5. The zero-order valence-electron chi connectivity index (χ0n) is 13.3. The minimum Gasteiger partial charge on any atom is -0.253 e. The fourth-order valence-electron chi connectivity index (χ4n) is 3.40. The van der Waals surface area contributed by atoms with Gasteiger partial charge in [0, 0.05) is 12.4 Å². The molecule has 4 rings (SSSR count). The molecule has 1 heterocycles. The molecule has 0 aliphatic carbocycles. The maximum atomic E-state index is 4.63. The molecule has 1 aromatic heterocycles. The number of benzene rings is 3. The fourth-order valence-corrected chi connectivity index (χ4v) is 3.40. The molecule has 2 heteroatoms. The standard InChI is InChI=1S/C22H18N2/c1-4-11-19(12-5-1)22(24-18-10-17-23-24,20-13-6-2-7-14-20)21-15-8-3-9-16-21/h1-18H. The van der Waals surface area contributed by atoms with Crippen LogP contribution in [0.25, 0.3) is 0 Å². The average Bonchev–Trinajstić information content (AvgIpc) is 3.20. The van der Waals surface area contributed by atoms with Crippen LogP contribution in [0, 0.1) is 0 Å². The summed E-state index contributed by atoms with van der Waals surface area (Å²) in [6, 6.07) is 33.6. The maximum Gasteiger partial charge on any atom is 0.137 e. The van der Waals surface area contributed by atoms with Gasteiger partial charge in [-0.2, -0.15) is 5.10 Å². The molecule has 0 aliphatic heterocycles. The molecule has 24 heavy (non-hydrogen) atoms. The van der Waals surface area contributed by atoms with Crippen LogP contribution in [0.2, 0.25) is 0 Å². The summed E-state index contributed by atoms with van der Waals surface area (Å²) in [6.45, 7) is 0. The van der Waals surface area contributed by atoms with Crippen LogP contribution in [-0.2, 0) is 5.54 Å². The topological polar surface area (TPSA) is 17.8 Å². The second kappa shape index (κ2) is 6.17. The molecule has 0 spiro atoms. The molecule has 0 saturated heterocycles. The number of nitrogens with zero attached hydrogens (tertiary/aromatic N) is 2. The molecule has 116 valence electrons. The monoisotopic (exact) mass is 310 g/mol. The van der Waals surface area contributed by atoms with E-state index in [4.69, 9.17) is 0 Å². The minimum atomic E-state index is -0.493. The Bertz CT molecular complexity index is 786. The first-order valence-corrected chi connectivity index (χ1v) is 8.09. The van der Waals surface area contributed by atoms with Crippen molar-refractivity contribution < 1.29 is 0 Å². The van der Waals surface area contributed by atoms with Gasteiger partial charge in [-0.05, 0) is 22.8 Å². The van der Waals surface area contributed by atoms with Gasteiger partial charge in [-0.25, -0.2) is 0 Å². The highest BCUT2D eigenvalue weighted by Crippen LogP contribution is 2.39. The molecule has 4 aromatic rings. The lowest BCUT2D eigenvalue weighted by Crippen LogP contribution is -2.38. The van der Waals surface area contributed by atoms with Gasteiger partial charge in [-0.15, -0.1) is 0 Å². The molecule has 3 aromatic carbocycles. The van der Waals surface area contributed by atoms with E-state index in [1.807, 2.05) is 41.3 Å². The molecule has 0 atom stereocenters. The predicted molar refractivity (Wildman–Crippen MR) is 96.8 cm³/mol. The van der Waals surface area contributed by atoms with Crippen molar-refractivity contribution in [1.29, 1.82) is 0 Å². The number of hydrogen-bond acceptors (Lipinski definition) is 1. The van der Waals surface area contributed by atoms with E-state index in [9.17, 15) is 0 Å². The van der Waals surface area contributed by atoms with E-state index >= 15 is 0 Å². The molecule has 0 unspecified atom stereocenters. The molecule has 0 saturated carbocycles. The van der Waals surface area contributed by atoms with Crippen LogP contribution in [0.15, 0.2) is 109 Å². The Hall–Kier alpha value is -3.13. The second-order valence-corrected chi connectivity index (χ2v) is 5.76. The van der Waals surface area contributed by atoms with Crippen molar-refractivity contribution in [2.24, 2.45) is 0 Å². The normalized spacial score (nSPS) is 11.3. The van der Waals surface area contributed by atoms with Crippen molar-refractivity contribution in [3.8, 4) is 0 Å². The van der Waals surface area contributed by atoms with Crippen LogP contribution in [0.1, 0.15) is 16.7 Å². The molecule has 2 nitrogen and oxygen atoms in total. The summed E-state index contributed by atoms with van der Waals surface area (Å²) in [4.78, 5) is 0. The quantitative estimate of drug-likeness (QED) is 0.499. The SMILES string of the molecule is c1ccc(C(c2ccccc2)(c2ccccc2)n2cccn2)cc1. The van der Waals surface area contributed by atoms with Crippen LogP contribution in [-0.4, -0.2) is 9.78 Å². The highest BCUT2D eigenvalue weighted by molar-refractivity contribution is 5.50. The molecular formula is C22H18N2. The van der Waals surface area contributed by atoms with E-state index in [-0.39, 0.29) is 0 Å². The first-order chi connectivity index (χ1) is 11.9. The van der Waals surface area contributed by atoms with Gasteiger partial charge >= 0.3 is 0 Å². The van der Waals surface area contributed by atoms with Gasteiger partial charge in [0.25, 0.3) is 0 Å². The fraction of sp³-hybridized carbons (Fsp3) is 0.0455. The summed E-state index contributed by atoms with van der Waals surface area (Å²) in [6.07, 6.45) is 3.87. The van der Waals surface area contributed by atoms with Gasteiger partial charge in [-0.1, -0.05) is 91.0 Å². The van der Waals surface area contributed by atoms with Gasteiger partial charge in [-0.3, -0.25) is 4.68 Å². The van der Waals surface area contributed by atoms with Crippen molar-refractivity contribution in [1.82, 2.24) is 9.78 Å². The molecule has 0 N–H and O–H groups in total. The Balaban J connectivity index is 2.12. The maximum absolute atomic E-state index is 4.63. The third-order valence-electron chi connectivity index (χ3n) is 4.42. The van der Waals surface area contributed by atoms with Crippen LogP contribution >= 0.6 is 0 Å². The van der Waals surface area contributed by atoms with Crippen LogP contribution < -0.4 is 0 Å². The van der Waals surface area contributed by atoms with Crippen molar-refractivity contribution in [3.63, 3.8) is 0 Å². The number of hydrogen-bond donors (Lipinski definition) is 0. The van der Waals surface area contributed by atoms with Crippen LogP contribution in [0.5, 0.6) is 0 Å². The van der Waals surface area contributed by atoms with E-state index in [0.717, 1.165) is 0 Å². The number of rotatable bonds is 4. The average molecular weight is 310 g/mol. The second-order valence-electron chi connectivity index (χ2n) is 5.76. The summed E-state index contributed by atoms with van der Waals surface area (Å²) < 4.78 is 2.05. The van der Waals surface area contributed by atoms with Crippen LogP contribution in [0.4, 0.5) is 0 Å². The Morgan fingerprint density at radius 3 is 1.29 bits per heavy atom. The van der Waals surface area contributed by atoms with Gasteiger partial charge < -0.3 is 0 Å². The molecule has 0 aliphatic rings. The van der Waals surface area contributed by atoms with Crippen molar-refractivity contribution >= 4 is 0 Å². The highest BCUT2D eigenvalue weighted by Gasteiger charge is 2.38. The van der Waals surface area contributed by atoms with Gasteiger partial charge in [0.05, 0.1) is 0 Å². The number of aromatic nitrogens is 2. The van der Waals surface area contributed by atoms with Gasteiger partial charge in [0.1, 0.15) is 5.54 Å². The Morgan fingerprint density at radius 1 is 0.542 bits per heavy atom. The van der Waals surface area contributed by atoms with E-state index in [1.165, 1.54) is 16.7 Å². The van der Waals surface area contributed by atoms with Gasteiger partial charge in [0.15, 0.2) is 0 Å². The summed E-state index contributed by atoms with van der Waals surface area (Å²) in [5, 5.41) is 4.63. The lowest BCUT2D eigenvalue weighted by molar-refractivity contribution is 0.460. The first-order valence-electron chi connectivity index (χ1n) is 8.09. The van der Waals surface area contributed by atoms with E-state index < -0.39 is 5.54 Å². The summed E-state index contributed by atoms with van der Waals surface area (Å²) >= 11 is 0. The molecule has 0 radical (unpaired) electrons. The minimum absolute atomic E-state index is 0.493. The van der Waals surface area contributed by atoms with E-state index in [2.05, 4.69) is 77.9 Å². The highest BCUT2D eigenvalue weighted by atomic mass is 15.3. The third-order valence-corrected chi connectivity index (χ3v) is 4.42. The van der Waals surface area contributed by atoms with Crippen LogP contribution in [0.3, 0.4) is 0 Å². The van der Waals surface area contributed by atoms with Crippen molar-refractivity contribution in [2.75, 3.05) is 0 Å². The largest absolute Gasteiger partial charge is 0.253 e. The zero-order chi connectivity index (χ0) is 16.2. The van der Waals surface area contributed by atoms with Crippen molar-refractivity contribution in [3.05, 3.63) is 126 Å². The van der Waals surface area contributed by atoms with Gasteiger partial charge in [0.2, 0.25) is 0 Å². The smallest absolute Gasteiger partial charge is 0.137 e.